The first-order chi connectivity index (χ1) is 11.7. The monoisotopic (exact) mass is 347 g/mol. The number of amides is 1. The number of methoxy groups -OCH3 is 1. The molecule has 24 heavy (non-hydrogen) atoms. The molecule has 0 radical (unpaired) electrons. The Morgan fingerprint density at radius 2 is 2.08 bits per heavy atom. The van der Waals surface area contributed by atoms with Gasteiger partial charge in [0.05, 0.1) is 12.7 Å². The Kier molecular flexibility index (Phi) is 5.11. The van der Waals surface area contributed by atoms with Crippen molar-refractivity contribution in [3.63, 3.8) is 0 Å². The lowest BCUT2D eigenvalue weighted by Crippen LogP contribution is -2.34. The molecule has 1 amide bonds. The average molecular weight is 348 g/mol. The smallest absolute Gasteiger partial charge is 0.255 e. The zero-order chi connectivity index (χ0) is 16.9. The van der Waals surface area contributed by atoms with Crippen LogP contribution in [0.25, 0.3) is 0 Å². The van der Waals surface area contributed by atoms with Crippen LogP contribution in [0, 0.1) is 0 Å². The zero-order valence-corrected chi connectivity index (χ0v) is 14.0. The fraction of sp³-hybridized carbons (Fsp3) is 0.278. The van der Waals surface area contributed by atoms with Crippen LogP contribution >= 0.6 is 11.6 Å². The topological polar surface area (TPSA) is 56.8 Å². The first-order valence-corrected chi connectivity index (χ1v) is 8.05. The number of nitrogens with one attached hydrogen (secondary N) is 1. The van der Waals surface area contributed by atoms with Gasteiger partial charge in [-0.15, -0.1) is 0 Å². The van der Waals surface area contributed by atoms with Crippen molar-refractivity contribution >= 4 is 17.5 Å². The lowest BCUT2D eigenvalue weighted by Gasteiger charge is -2.26. The van der Waals surface area contributed by atoms with E-state index in [1.807, 2.05) is 24.3 Å². The summed E-state index contributed by atoms with van der Waals surface area (Å²) in [5.74, 6) is 1.73. The van der Waals surface area contributed by atoms with Crippen LogP contribution in [0.15, 0.2) is 42.5 Å². The number of hydrogen-bond donors (Lipinski definition) is 1. The van der Waals surface area contributed by atoms with Gasteiger partial charge in [0, 0.05) is 18.0 Å². The van der Waals surface area contributed by atoms with Gasteiger partial charge < -0.3 is 19.5 Å². The number of rotatable bonds is 5. The Bertz CT molecular complexity index is 735. The third-order valence-electron chi connectivity index (χ3n) is 3.73. The Labute approximate surface area is 145 Å². The second-order valence-corrected chi connectivity index (χ2v) is 5.82. The summed E-state index contributed by atoms with van der Waals surface area (Å²) in [6.45, 7) is 0.942. The standard InChI is InChI=1S/C18H18ClNO4/c1-22-17-10-12(19)6-7-14(17)18(21)20-9-8-13-11-23-15-4-2-3-5-16(15)24-13/h2-7,10,13H,8-9,11H2,1H3,(H,20,21)/t13-/m0/s1. The van der Waals surface area contributed by atoms with E-state index in [4.69, 9.17) is 25.8 Å². The molecule has 0 spiro atoms. The molecule has 1 atom stereocenters. The van der Waals surface area contributed by atoms with Gasteiger partial charge in [0.1, 0.15) is 18.5 Å². The Hall–Kier alpha value is -2.40. The van der Waals surface area contributed by atoms with Crippen molar-refractivity contribution in [1.82, 2.24) is 5.32 Å². The molecule has 0 saturated carbocycles. The molecule has 1 N–H and O–H groups in total. The van der Waals surface area contributed by atoms with E-state index < -0.39 is 0 Å². The minimum atomic E-state index is -0.208. The largest absolute Gasteiger partial charge is 0.496 e. The molecule has 3 rings (SSSR count). The second-order valence-electron chi connectivity index (χ2n) is 5.39. The number of benzene rings is 2. The molecule has 0 bridgehead atoms. The summed E-state index contributed by atoms with van der Waals surface area (Å²) in [7, 11) is 1.51. The van der Waals surface area contributed by atoms with Crippen molar-refractivity contribution in [3.05, 3.63) is 53.1 Å². The maximum absolute atomic E-state index is 12.3. The first kappa shape index (κ1) is 16.5. The molecule has 0 aromatic heterocycles. The molecule has 126 valence electrons. The maximum atomic E-state index is 12.3. The fourth-order valence-corrected chi connectivity index (χ4v) is 2.66. The number of ether oxygens (including phenoxy) is 3. The normalized spacial score (nSPS) is 15.7. The van der Waals surface area contributed by atoms with Gasteiger partial charge in [0.2, 0.25) is 0 Å². The number of fused-ring (bicyclic) bond motifs is 1. The SMILES string of the molecule is COc1cc(Cl)ccc1C(=O)NCC[C@H]1COc2ccccc2O1. The summed E-state index contributed by atoms with van der Waals surface area (Å²) in [6, 6.07) is 12.5. The number of carbonyl (C=O) groups is 1. The van der Waals surface area contributed by atoms with E-state index in [1.165, 1.54) is 7.11 Å². The zero-order valence-electron chi connectivity index (χ0n) is 13.3. The Morgan fingerprint density at radius 3 is 2.88 bits per heavy atom. The third-order valence-corrected chi connectivity index (χ3v) is 3.96. The van der Waals surface area contributed by atoms with E-state index in [-0.39, 0.29) is 12.0 Å². The minimum Gasteiger partial charge on any atom is -0.496 e. The molecule has 1 heterocycles. The highest BCUT2D eigenvalue weighted by atomic mass is 35.5. The Balaban J connectivity index is 1.53. The van der Waals surface area contributed by atoms with E-state index >= 15 is 0 Å². The van der Waals surface area contributed by atoms with Crippen LogP contribution in [0.3, 0.4) is 0 Å². The van der Waals surface area contributed by atoms with Gasteiger partial charge in [-0.25, -0.2) is 0 Å². The molecule has 0 aliphatic carbocycles. The van der Waals surface area contributed by atoms with Crippen LogP contribution < -0.4 is 19.5 Å². The van der Waals surface area contributed by atoms with Crippen molar-refractivity contribution in [2.45, 2.75) is 12.5 Å². The summed E-state index contributed by atoms with van der Waals surface area (Å²) >= 11 is 5.91. The third kappa shape index (κ3) is 3.74. The van der Waals surface area contributed by atoms with Gasteiger partial charge in [0.15, 0.2) is 11.5 Å². The molecule has 2 aromatic carbocycles. The van der Waals surface area contributed by atoms with Crippen molar-refractivity contribution in [1.29, 1.82) is 0 Å². The van der Waals surface area contributed by atoms with E-state index in [2.05, 4.69) is 5.32 Å². The van der Waals surface area contributed by atoms with E-state index in [9.17, 15) is 4.79 Å². The van der Waals surface area contributed by atoms with Crippen molar-refractivity contribution in [2.24, 2.45) is 0 Å². The lowest BCUT2D eigenvalue weighted by atomic mass is 10.1. The molecular formula is C18H18ClNO4. The Morgan fingerprint density at radius 1 is 1.29 bits per heavy atom. The predicted octanol–water partition coefficient (Wildman–Crippen LogP) is 3.31. The van der Waals surface area contributed by atoms with Crippen molar-refractivity contribution in [3.8, 4) is 17.2 Å². The number of hydrogen-bond acceptors (Lipinski definition) is 4. The molecule has 6 heteroatoms. The van der Waals surface area contributed by atoms with Gasteiger partial charge in [-0.1, -0.05) is 23.7 Å². The minimum absolute atomic E-state index is 0.0905. The highest BCUT2D eigenvalue weighted by Gasteiger charge is 2.20. The van der Waals surface area contributed by atoms with Gasteiger partial charge in [-0.3, -0.25) is 4.79 Å². The second kappa shape index (κ2) is 7.45. The van der Waals surface area contributed by atoms with Crippen LogP contribution in [-0.2, 0) is 0 Å². The van der Waals surface area contributed by atoms with Gasteiger partial charge in [-0.2, -0.15) is 0 Å². The molecule has 5 nitrogen and oxygen atoms in total. The number of carbonyl (C=O) groups excluding carboxylic acids is 1. The number of para-hydroxylation sites is 2. The highest BCUT2D eigenvalue weighted by Crippen LogP contribution is 2.31. The molecular weight excluding hydrogens is 330 g/mol. The fourth-order valence-electron chi connectivity index (χ4n) is 2.50. The van der Waals surface area contributed by atoms with Crippen LogP contribution in [0.2, 0.25) is 5.02 Å². The summed E-state index contributed by atoms with van der Waals surface area (Å²) in [5.41, 5.74) is 0.452. The summed E-state index contributed by atoms with van der Waals surface area (Å²) in [4.78, 5) is 12.3. The van der Waals surface area contributed by atoms with Gasteiger partial charge in [-0.05, 0) is 30.3 Å². The lowest BCUT2D eigenvalue weighted by molar-refractivity contribution is 0.0812. The van der Waals surface area contributed by atoms with Crippen LogP contribution in [0.5, 0.6) is 17.2 Å². The molecule has 0 saturated heterocycles. The quantitative estimate of drug-likeness (QED) is 0.901. The van der Waals surface area contributed by atoms with Gasteiger partial charge in [0.25, 0.3) is 5.91 Å². The summed E-state index contributed by atoms with van der Waals surface area (Å²) in [5, 5.41) is 3.39. The van der Waals surface area contributed by atoms with Crippen molar-refractivity contribution < 1.29 is 19.0 Å². The van der Waals surface area contributed by atoms with Crippen LogP contribution in [-0.4, -0.2) is 32.3 Å². The molecule has 1 aliphatic heterocycles. The van der Waals surface area contributed by atoms with Crippen molar-refractivity contribution in [2.75, 3.05) is 20.3 Å². The summed E-state index contributed by atoms with van der Waals surface area (Å²) in [6.07, 6.45) is 0.558. The van der Waals surface area contributed by atoms with Crippen LogP contribution in [0.4, 0.5) is 0 Å². The molecule has 0 fully saturated rings. The number of halogens is 1. The maximum Gasteiger partial charge on any atom is 0.255 e. The molecule has 0 unspecified atom stereocenters. The van der Waals surface area contributed by atoms with Crippen LogP contribution in [0.1, 0.15) is 16.8 Å². The van der Waals surface area contributed by atoms with E-state index in [0.717, 1.165) is 11.5 Å². The van der Waals surface area contributed by atoms with E-state index in [1.54, 1.807) is 18.2 Å². The average Bonchev–Trinajstić information content (AvgIpc) is 2.61. The van der Waals surface area contributed by atoms with Gasteiger partial charge >= 0.3 is 0 Å². The predicted molar refractivity (Wildman–Crippen MR) is 91.3 cm³/mol. The highest BCUT2D eigenvalue weighted by molar-refractivity contribution is 6.30. The first-order valence-electron chi connectivity index (χ1n) is 7.67. The summed E-state index contributed by atoms with van der Waals surface area (Å²) < 4.78 is 16.7. The molecule has 2 aromatic rings. The van der Waals surface area contributed by atoms with E-state index in [0.29, 0.717) is 35.9 Å². The molecule has 1 aliphatic rings.